The number of guanidine groups is 1. The Balaban J connectivity index is 2.17. The van der Waals surface area contributed by atoms with Gasteiger partial charge in [-0.3, -0.25) is 4.99 Å². The second kappa shape index (κ2) is 10.6. The molecule has 0 heterocycles. The van der Waals surface area contributed by atoms with Crippen LogP contribution in [0.2, 0.25) is 0 Å². The summed E-state index contributed by atoms with van der Waals surface area (Å²) >= 11 is 0. The standard InChI is InChI=1S/C16H22FN3O/c1-3-11-19-16(18-4-2)20-12-5-6-13-21-15-9-7-14(17)8-10-15/h1,7-10H,4-6,11-13H2,2H3,(H2,18,19,20). The number of benzene rings is 1. The summed E-state index contributed by atoms with van der Waals surface area (Å²) in [5.41, 5.74) is 0. The maximum atomic E-state index is 12.7. The van der Waals surface area contributed by atoms with Gasteiger partial charge in [-0.2, -0.15) is 0 Å². The van der Waals surface area contributed by atoms with Crippen molar-refractivity contribution in [2.24, 2.45) is 4.99 Å². The SMILES string of the molecule is C#CCNC(=NCCCCOc1ccc(F)cc1)NCC. The Kier molecular flexibility index (Phi) is 8.46. The molecule has 0 unspecified atom stereocenters. The second-order valence-electron chi connectivity index (χ2n) is 4.33. The largest absolute Gasteiger partial charge is 0.494 e. The lowest BCUT2D eigenvalue weighted by molar-refractivity contribution is 0.307. The van der Waals surface area contributed by atoms with Gasteiger partial charge in [-0.15, -0.1) is 6.42 Å². The molecule has 4 nitrogen and oxygen atoms in total. The Morgan fingerprint density at radius 2 is 2.05 bits per heavy atom. The molecule has 0 bridgehead atoms. The van der Waals surface area contributed by atoms with E-state index < -0.39 is 0 Å². The molecule has 0 atom stereocenters. The Morgan fingerprint density at radius 3 is 2.71 bits per heavy atom. The van der Waals surface area contributed by atoms with Gasteiger partial charge in [0, 0.05) is 13.1 Å². The smallest absolute Gasteiger partial charge is 0.192 e. The third-order valence-electron chi connectivity index (χ3n) is 2.61. The van der Waals surface area contributed by atoms with Gasteiger partial charge in [0.15, 0.2) is 5.96 Å². The van der Waals surface area contributed by atoms with E-state index in [4.69, 9.17) is 11.2 Å². The van der Waals surface area contributed by atoms with E-state index in [1.807, 2.05) is 6.92 Å². The fourth-order valence-electron chi connectivity index (χ4n) is 1.60. The molecule has 0 fully saturated rings. The maximum Gasteiger partial charge on any atom is 0.192 e. The molecule has 1 aromatic carbocycles. The minimum Gasteiger partial charge on any atom is -0.494 e. The predicted octanol–water partition coefficient (Wildman–Crippen LogP) is 2.17. The van der Waals surface area contributed by atoms with Gasteiger partial charge in [0.2, 0.25) is 0 Å². The van der Waals surface area contributed by atoms with Crippen molar-refractivity contribution in [2.45, 2.75) is 19.8 Å². The molecule has 1 rings (SSSR count). The van der Waals surface area contributed by atoms with E-state index in [0.29, 0.717) is 25.4 Å². The third kappa shape index (κ3) is 7.83. The van der Waals surface area contributed by atoms with Crippen molar-refractivity contribution >= 4 is 5.96 Å². The summed E-state index contributed by atoms with van der Waals surface area (Å²) in [5, 5.41) is 6.14. The molecule has 0 saturated carbocycles. The van der Waals surface area contributed by atoms with Crippen molar-refractivity contribution in [3.63, 3.8) is 0 Å². The highest BCUT2D eigenvalue weighted by Gasteiger charge is 1.96. The van der Waals surface area contributed by atoms with Crippen molar-refractivity contribution in [1.82, 2.24) is 10.6 Å². The predicted molar refractivity (Wildman–Crippen MR) is 83.9 cm³/mol. The zero-order chi connectivity index (χ0) is 15.3. The van der Waals surface area contributed by atoms with Crippen LogP contribution in [0.3, 0.4) is 0 Å². The molecule has 114 valence electrons. The average Bonchev–Trinajstić information content (AvgIpc) is 2.50. The molecule has 2 N–H and O–H groups in total. The molecule has 0 aliphatic rings. The Hall–Kier alpha value is -2.22. The quantitative estimate of drug-likeness (QED) is 0.334. The number of ether oxygens (including phenoxy) is 1. The van der Waals surface area contributed by atoms with Gasteiger partial charge in [0.1, 0.15) is 11.6 Å². The van der Waals surface area contributed by atoms with Crippen molar-refractivity contribution in [1.29, 1.82) is 0 Å². The maximum absolute atomic E-state index is 12.7. The summed E-state index contributed by atoms with van der Waals surface area (Å²) in [5.74, 6) is 3.67. The van der Waals surface area contributed by atoms with E-state index in [-0.39, 0.29) is 5.82 Å². The van der Waals surface area contributed by atoms with Crippen LogP contribution in [-0.2, 0) is 0 Å². The molecule has 0 radical (unpaired) electrons. The number of halogens is 1. The summed E-state index contributed by atoms with van der Waals surface area (Å²) in [7, 11) is 0. The molecule has 1 aromatic rings. The zero-order valence-corrected chi connectivity index (χ0v) is 12.4. The van der Waals surface area contributed by atoms with E-state index in [9.17, 15) is 4.39 Å². The van der Waals surface area contributed by atoms with Gasteiger partial charge in [-0.25, -0.2) is 4.39 Å². The third-order valence-corrected chi connectivity index (χ3v) is 2.61. The summed E-state index contributed by atoms with van der Waals surface area (Å²) in [4.78, 5) is 4.40. The number of unbranched alkanes of at least 4 members (excludes halogenated alkanes) is 1. The molecule has 0 aromatic heterocycles. The average molecular weight is 291 g/mol. The second-order valence-corrected chi connectivity index (χ2v) is 4.33. The van der Waals surface area contributed by atoms with Gasteiger partial charge in [0.25, 0.3) is 0 Å². The lowest BCUT2D eigenvalue weighted by Gasteiger charge is -2.09. The number of rotatable bonds is 8. The van der Waals surface area contributed by atoms with Crippen LogP contribution in [0.4, 0.5) is 4.39 Å². The highest BCUT2D eigenvalue weighted by Crippen LogP contribution is 2.11. The van der Waals surface area contributed by atoms with Crippen LogP contribution in [0.25, 0.3) is 0 Å². The van der Waals surface area contributed by atoms with Gasteiger partial charge < -0.3 is 15.4 Å². The molecule has 0 saturated heterocycles. The van der Waals surface area contributed by atoms with Crippen LogP contribution < -0.4 is 15.4 Å². The van der Waals surface area contributed by atoms with E-state index in [1.165, 1.54) is 12.1 Å². The van der Waals surface area contributed by atoms with Crippen LogP contribution in [-0.4, -0.2) is 32.2 Å². The normalized spacial score (nSPS) is 10.8. The molecular weight excluding hydrogens is 269 g/mol. The number of hydrogen-bond donors (Lipinski definition) is 2. The Morgan fingerprint density at radius 1 is 1.29 bits per heavy atom. The number of hydrogen-bond acceptors (Lipinski definition) is 2. The van der Waals surface area contributed by atoms with Crippen molar-refractivity contribution in [3.05, 3.63) is 30.1 Å². The Labute approximate surface area is 125 Å². The van der Waals surface area contributed by atoms with E-state index >= 15 is 0 Å². The highest BCUT2D eigenvalue weighted by atomic mass is 19.1. The monoisotopic (exact) mass is 291 g/mol. The van der Waals surface area contributed by atoms with Gasteiger partial charge in [0.05, 0.1) is 13.2 Å². The first-order valence-corrected chi connectivity index (χ1v) is 7.10. The molecule has 0 amide bonds. The molecule has 0 aliphatic heterocycles. The lowest BCUT2D eigenvalue weighted by Crippen LogP contribution is -2.37. The minimum absolute atomic E-state index is 0.257. The van der Waals surface area contributed by atoms with E-state index in [1.54, 1.807) is 12.1 Å². The van der Waals surface area contributed by atoms with Crippen LogP contribution in [0, 0.1) is 18.2 Å². The van der Waals surface area contributed by atoms with Crippen molar-refractivity contribution < 1.29 is 9.13 Å². The van der Waals surface area contributed by atoms with Crippen LogP contribution in [0.15, 0.2) is 29.3 Å². The van der Waals surface area contributed by atoms with Crippen LogP contribution in [0.1, 0.15) is 19.8 Å². The molecule has 21 heavy (non-hydrogen) atoms. The number of nitrogens with one attached hydrogen (secondary N) is 2. The van der Waals surface area contributed by atoms with E-state index in [2.05, 4.69) is 21.5 Å². The first-order valence-electron chi connectivity index (χ1n) is 7.10. The van der Waals surface area contributed by atoms with Crippen molar-refractivity contribution in [3.8, 4) is 18.1 Å². The van der Waals surface area contributed by atoms with Gasteiger partial charge >= 0.3 is 0 Å². The van der Waals surface area contributed by atoms with Gasteiger partial charge in [-0.1, -0.05) is 5.92 Å². The zero-order valence-electron chi connectivity index (χ0n) is 12.4. The topological polar surface area (TPSA) is 45.7 Å². The minimum atomic E-state index is -0.257. The Bertz CT molecular complexity index is 465. The number of nitrogens with zero attached hydrogens (tertiary/aromatic N) is 1. The molecular formula is C16H22FN3O. The first kappa shape index (κ1) is 16.8. The fraction of sp³-hybridized carbons (Fsp3) is 0.438. The van der Waals surface area contributed by atoms with Crippen molar-refractivity contribution in [2.75, 3.05) is 26.2 Å². The fourth-order valence-corrected chi connectivity index (χ4v) is 1.60. The molecule has 0 aliphatic carbocycles. The summed E-state index contributed by atoms with van der Waals surface area (Å²) in [6, 6.07) is 6.03. The summed E-state index contributed by atoms with van der Waals surface area (Å²) in [6.45, 7) is 4.55. The summed E-state index contributed by atoms with van der Waals surface area (Å²) in [6.07, 6.45) is 6.99. The number of terminal acetylenes is 1. The lowest BCUT2D eigenvalue weighted by atomic mass is 10.3. The summed E-state index contributed by atoms with van der Waals surface area (Å²) < 4.78 is 18.2. The molecule has 0 spiro atoms. The van der Waals surface area contributed by atoms with Crippen LogP contribution >= 0.6 is 0 Å². The number of aliphatic imine (C=N–C) groups is 1. The van der Waals surface area contributed by atoms with Gasteiger partial charge in [-0.05, 0) is 44.0 Å². The van der Waals surface area contributed by atoms with E-state index in [0.717, 1.165) is 25.3 Å². The molecule has 5 heteroatoms. The highest BCUT2D eigenvalue weighted by molar-refractivity contribution is 5.79. The van der Waals surface area contributed by atoms with Crippen LogP contribution in [0.5, 0.6) is 5.75 Å². The first-order chi connectivity index (χ1) is 10.3.